The number of benzene rings is 3. The normalized spacial score (nSPS) is 11.3. The first-order chi connectivity index (χ1) is 15.8. The van der Waals surface area contributed by atoms with Crippen LogP contribution in [0.5, 0.6) is 5.75 Å². The van der Waals surface area contributed by atoms with Gasteiger partial charge in [0.25, 0.3) is 5.56 Å². The molecule has 0 fully saturated rings. The molecule has 0 saturated carbocycles. The Morgan fingerprint density at radius 2 is 1.97 bits per heavy atom. The molecule has 0 spiro atoms. The van der Waals surface area contributed by atoms with Gasteiger partial charge in [0.2, 0.25) is 0 Å². The summed E-state index contributed by atoms with van der Waals surface area (Å²) in [7, 11) is 3.86. The fourth-order valence-electron chi connectivity index (χ4n) is 3.34. The molecule has 4 aromatic rings. The Bertz CT molecular complexity index is 1420. The van der Waals surface area contributed by atoms with Gasteiger partial charge in [0.05, 0.1) is 17.1 Å². The largest absolute Gasteiger partial charge is 0.488 e. The SMILES string of the molecule is Cc1nc2ccc(Br)cc2c(=O)n1N=Cc1ccc(N(C)C)cc1OCc1cccc(F)c1. The minimum Gasteiger partial charge on any atom is -0.488 e. The minimum absolute atomic E-state index is 0.194. The van der Waals surface area contributed by atoms with Crippen LogP contribution in [0.1, 0.15) is 17.0 Å². The van der Waals surface area contributed by atoms with Crippen LogP contribution < -0.4 is 15.2 Å². The second kappa shape index (κ2) is 9.54. The number of aromatic nitrogens is 2. The maximum absolute atomic E-state index is 13.5. The van der Waals surface area contributed by atoms with Crippen molar-refractivity contribution in [2.45, 2.75) is 13.5 Å². The van der Waals surface area contributed by atoms with E-state index in [9.17, 15) is 9.18 Å². The van der Waals surface area contributed by atoms with E-state index in [1.54, 1.807) is 37.4 Å². The van der Waals surface area contributed by atoms with Gasteiger partial charge < -0.3 is 9.64 Å². The van der Waals surface area contributed by atoms with Crippen molar-refractivity contribution in [1.82, 2.24) is 9.66 Å². The zero-order chi connectivity index (χ0) is 23.5. The lowest BCUT2D eigenvalue weighted by molar-refractivity contribution is 0.305. The van der Waals surface area contributed by atoms with Gasteiger partial charge in [-0.25, -0.2) is 9.37 Å². The smallest absolute Gasteiger partial charge is 0.282 e. The Labute approximate surface area is 199 Å². The van der Waals surface area contributed by atoms with Crippen LogP contribution in [0.2, 0.25) is 0 Å². The molecule has 33 heavy (non-hydrogen) atoms. The summed E-state index contributed by atoms with van der Waals surface area (Å²) >= 11 is 3.40. The molecule has 0 N–H and O–H groups in total. The van der Waals surface area contributed by atoms with Crippen molar-refractivity contribution in [3.8, 4) is 5.75 Å². The molecule has 0 aliphatic carbocycles. The number of hydrogen-bond donors (Lipinski definition) is 0. The number of aryl methyl sites for hydroxylation is 1. The van der Waals surface area contributed by atoms with Crippen LogP contribution in [0.15, 0.2) is 75.0 Å². The maximum Gasteiger partial charge on any atom is 0.282 e. The first-order valence-electron chi connectivity index (χ1n) is 10.2. The van der Waals surface area contributed by atoms with E-state index in [4.69, 9.17) is 4.74 Å². The standard InChI is InChI=1S/C25H22BrFN4O2/c1-16-29-23-10-8-19(26)12-22(23)25(32)31(16)28-14-18-7-9-21(30(2)3)13-24(18)33-15-17-5-4-6-20(27)11-17/h4-14H,15H2,1-3H3. The Kier molecular flexibility index (Phi) is 6.55. The van der Waals surface area contributed by atoms with Gasteiger partial charge in [0.15, 0.2) is 0 Å². The van der Waals surface area contributed by atoms with E-state index in [1.807, 2.05) is 43.3 Å². The van der Waals surface area contributed by atoms with Gasteiger partial charge in [-0.3, -0.25) is 4.79 Å². The second-order valence-electron chi connectivity index (χ2n) is 7.72. The molecule has 6 nitrogen and oxygen atoms in total. The van der Waals surface area contributed by atoms with Crippen molar-refractivity contribution >= 4 is 38.7 Å². The first-order valence-corrected chi connectivity index (χ1v) is 11.0. The Balaban J connectivity index is 1.70. The average molecular weight is 509 g/mol. The predicted octanol–water partition coefficient (Wildman–Crippen LogP) is 5.13. The van der Waals surface area contributed by atoms with Crippen molar-refractivity contribution in [3.05, 3.63) is 98.3 Å². The highest BCUT2D eigenvalue weighted by Gasteiger charge is 2.10. The molecule has 168 valence electrons. The zero-order valence-corrected chi connectivity index (χ0v) is 20.0. The summed E-state index contributed by atoms with van der Waals surface area (Å²) in [6.07, 6.45) is 1.57. The number of hydrogen-bond acceptors (Lipinski definition) is 5. The van der Waals surface area contributed by atoms with E-state index in [0.717, 1.165) is 10.2 Å². The maximum atomic E-state index is 13.5. The Morgan fingerprint density at radius 1 is 1.15 bits per heavy atom. The van der Waals surface area contributed by atoms with Crippen molar-refractivity contribution in [1.29, 1.82) is 0 Å². The topological polar surface area (TPSA) is 59.7 Å². The van der Waals surface area contributed by atoms with E-state index in [2.05, 4.69) is 26.0 Å². The van der Waals surface area contributed by atoms with Gasteiger partial charge in [-0.2, -0.15) is 9.78 Å². The third-order valence-corrected chi connectivity index (χ3v) is 5.57. The van der Waals surface area contributed by atoms with Crippen LogP contribution in [0.3, 0.4) is 0 Å². The van der Waals surface area contributed by atoms with Crippen molar-refractivity contribution in [2.24, 2.45) is 5.10 Å². The van der Waals surface area contributed by atoms with Crippen LogP contribution in [-0.2, 0) is 6.61 Å². The molecule has 0 aliphatic heterocycles. The molecular weight excluding hydrogens is 487 g/mol. The monoisotopic (exact) mass is 508 g/mol. The summed E-state index contributed by atoms with van der Waals surface area (Å²) in [5.41, 5.74) is 2.68. The third-order valence-electron chi connectivity index (χ3n) is 5.08. The zero-order valence-electron chi connectivity index (χ0n) is 18.4. The summed E-state index contributed by atoms with van der Waals surface area (Å²) in [4.78, 5) is 19.5. The van der Waals surface area contributed by atoms with Gasteiger partial charge in [-0.15, -0.1) is 0 Å². The Morgan fingerprint density at radius 3 is 2.73 bits per heavy atom. The second-order valence-corrected chi connectivity index (χ2v) is 8.63. The van der Waals surface area contributed by atoms with E-state index >= 15 is 0 Å². The van der Waals surface area contributed by atoms with Crippen molar-refractivity contribution in [3.63, 3.8) is 0 Å². The Hall–Kier alpha value is -3.52. The number of nitrogens with zero attached hydrogens (tertiary/aromatic N) is 4. The lowest BCUT2D eigenvalue weighted by Crippen LogP contribution is -2.20. The lowest BCUT2D eigenvalue weighted by atomic mass is 10.2. The van der Waals surface area contributed by atoms with E-state index in [-0.39, 0.29) is 18.0 Å². The van der Waals surface area contributed by atoms with Gasteiger partial charge >= 0.3 is 0 Å². The fraction of sp³-hybridized carbons (Fsp3) is 0.160. The molecule has 0 aliphatic rings. The molecule has 4 rings (SSSR count). The molecule has 0 radical (unpaired) electrons. The number of rotatable bonds is 6. The van der Waals surface area contributed by atoms with Gasteiger partial charge in [0, 0.05) is 35.9 Å². The lowest BCUT2D eigenvalue weighted by Gasteiger charge is -2.16. The molecule has 0 unspecified atom stereocenters. The summed E-state index contributed by atoms with van der Waals surface area (Å²) in [5.74, 6) is 0.722. The van der Waals surface area contributed by atoms with Gasteiger partial charge in [-0.05, 0) is 55.0 Å². The van der Waals surface area contributed by atoms with Crippen LogP contribution in [-0.4, -0.2) is 30.0 Å². The highest BCUT2D eigenvalue weighted by Crippen LogP contribution is 2.25. The van der Waals surface area contributed by atoms with Crippen LogP contribution in [0, 0.1) is 12.7 Å². The highest BCUT2D eigenvalue weighted by atomic mass is 79.9. The first kappa shape index (κ1) is 22.7. The van der Waals surface area contributed by atoms with Gasteiger partial charge in [-0.1, -0.05) is 28.1 Å². The molecule has 1 aromatic heterocycles. The molecule has 0 amide bonds. The van der Waals surface area contributed by atoms with Gasteiger partial charge in [0.1, 0.15) is 24.0 Å². The summed E-state index contributed by atoms with van der Waals surface area (Å²) in [6.45, 7) is 1.93. The van der Waals surface area contributed by atoms with E-state index in [1.165, 1.54) is 16.8 Å². The summed E-state index contributed by atoms with van der Waals surface area (Å²) < 4.78 is 21.6. The van der Waals surface area contributed by atoms with E-state index < -0.39 is 0 Å². The fourth-order valence-corrected chi connectivity index (χ4v) is 3.70. The molecular formula is C25H22BrFN4O2. The minimum atomic E-state index is -0.315. The van der Waals surface area contributed by atoms with Crippen LogP contribution in [0.25, 0.3) is 10.9 Å². The van der Waals surface area contributed by atoms with Crippen molar-refractivity contribution in [2.75, 3.05) is 19.0 Å². The quantitative estimate of drug-likeness (QED) is 0.338. The van der Waals surface area contributed by atoms with E-state index in [0.29, 0.717) is 33.6 Å². The average Bonchev–Trinajstić information content (AvgIpc) is 2.78. The predicted molar refractivity (Wildman–Crippen MR) is 133 cm³/mol. The molecule has 0 atom stereocenters. The molecule has 3 aromatic carbocycles. The highest BCUT2D eigenvalue weighted by molar-refractivity contribution is 9.10. The number of fused-ring (bicyclic) bond motifs is 1. The van der Waals surface area contributed by atoms with Crippen molar-refractivity contribution < 1.29 is 9.13 Å². The van der Waals surface area contributed by atoms with Crippen LogP contribution >= 0.6 is 15.9 Å². The number of anilines is 1. The number of ether oxygens (including phenoxy) is 1. The third kappa shape index (κ3) is 5.12. The molecule has 1 heterocycles. The molecule has 0 saturated heterocycles. The molecule has 8 heteroatoms. The summed E-state index contributed by atoms with van der Waals surface area (Å²) in [6, 6.07) is 17.3. The molecule has 0 bridgehead atoms. The summed E-state index contributed by atoms with van der Waals surface area (Å²) in [5, 5.41) is 4.88. The number of halogens is 2. The van der Waals surface area contributed by atoms with Crippen LogP contribution in [0.4, 0.5) is 10.1 Å².